The van der Waals surface area contributed by atoms with Gasteiger partial charge in [-0.05, 0) is 76.3 Å². The first-order chi connectivity index (χ1) is 30.7. The minimum Gasteiger partial charge on any atom is -0.455 e. The van der Waals surface area contributed by atoms with Crippen LogP contribution in [-0.4, -0.2) is 19.5 Å². The molecule has 62 heavy (non-hydrogen) atoms. The van der Waals surface area contributed by atoms with Gasteiger partial charge < -0.3 is 8.98 Å². The van der Waals surface area contributed by atoms with Crippen LogP contribution in [0.25, 0.3) is 117 Å². The predicted octanol–water partition coefficient (Wildman–Crippen LogP) is 14.9. The van der Waals surface area contributed by atoms with E-state index in [0.717, 1.165) is 77.7 Å². The number of para-hydroxylation sites is 3. The van der Waals surface area contributed by atoms with Crippen LogP contribution >= 0.6 is 0 Å². The van der Waals surface area contributed by atoms with Gasteiger partial charge in [0.25, 0.3) is 0 Å². The highest BCUT2D eigenvalue weighted by Crippen LogP contribution is 2.42. The number of nitrogens with zero attached hydrogens (tertiary/aromatic N) is 4. The molecule has 0 saturated heterocycles. The van der Waals surface area contributed by atoms with E-state index in [9.17, 15) is 0 Å². The largest absolute Gasteiger partial charge is 0.455 e. The molecule has 0 N–H and O–H groups in total. The number of hydrogen-bond acceptors (Lipinski definition) is 4. The molecule has 0 fully saturated rings. The number of fused-ring (bicyclic) bond motifs is 6. The maximum atomic E-state index is 6.89. The van der Waals surface area contributed by atoms with Crippen molar-refractivity contribution < 1.29 is 4.42 Å². The Kier molecular flexibility index (Phi) is 8.42. The molecular formula is C57H36N4O. The Balaban J connectivity index is 0.974. The van der Waals surface area contributed by atoms with Crippen LogP contribution < -0.4 is 0 Å². The molecule has 0 unspecified atom stereocenters. The molecule has 0 aliphatic heterocycles. The Labute approximate surface area is 357 Å². The van der Waals surface area contributed by atoms with Crippen LogP contribution in [0.1, 0.15) is 0 Å². The molecule has 12 aromatic rings. The fraction of sp³-hybridized carbons (Fsp3) is 0. The summed E-state index contributed by atoms with van der Waals surface area (Å²) in [6, 6.07) is 76.3. The summed E-state index contributed by atoms with van der Waals surface area (Å²) in [6.45, 7) is 0. The summed E-state index contributed by atoms with van der Waals surface area (Å²) in [6.07, 6.45) is 0. The standard InChI is InChI=1S/C57H36N4O/c1-4-16-37(17-5-1)39-20-14-21-41(34-39)56-58-55(38-18-6-2-7-19-38)59-57(60-56)42-30-32-47-49-28-15-27-48(54(49)62-53(47)36-42)45-25-11-10-24-44(45)40-31-33-52-50(35-40)46-26-12-13-29-51(46)61(52)43-22-8-3-9-23-43/h1-36H. The van der Waals surface area contributed by atoms with Gasteiger partial charge in [-0.25, -0.2) is 15.0 Å². The van der Waals surface area contributed by atoms with Gasteiger partial charge in [0.15, 0.2) is 17.5 Å². The van der Waals surface area contributed by atoms with Gasteiger partial charge in [0.1, 0.15) is 11.2 Å². The molecule has 5 heteroatoms. The highest BCUT2D eigenvalue weighted by atomic mass is 16.3. The van der Waals surface area contributed by atoms with E-state index >= 15 is 0 Å². The third kappa shape index (κ3) is 6.06. The van der Waals surface area contributed by atoms with E-state index in [0.29, 0.717) is 17.5 Å². The third-order valence-corrected chi connectivity index (χ3v) is 11.9. The van der Waals surface area contributed by atoms with Crippen LogP contribution in [-0.2, 0) is 0 Å². The van der Waals surface area contributed by atoms with Crippen molar-refractivity contribution in [2.24, 2.45) is 0 Å². The van der Waals surface area contributed by atoms with Gasteiger partial charge in [-0.1, -0.05) is 170 Å². The van der Waals surface area contributed by atoms with Gasteiger partial charge in [-0.2, -0.15) is 0 Å². The average Bonchev–Trinajstić information content (AvgIpc) is 3.90. The average molecular weight is 793 g/mol. The Hall–Kier alpha value is -8.41. The van der Waals surface area contributed by atoms with Crippen LogP contribution in [0.2, 0.25) is 0 Å². The van der Waals surface area contributed by atoms with E-state index in [2.05, 4.69) is 187 Å². The molecule has 0 atom stereocenters. The topological polar surface area (TPSA) is 56.7 Å². The lowest BCUT2D eigenvalue weighted by Gasteiger charge is -2.12. The summed E-state index contributed by atoms with van der Waals surface area (Å²) in [7, 11) is 0. The number of benzene rings is 9. The van der Waals surface area contributed by atoms with Crippen LogP contribution in [0.4, 0.5) is 0 Å². The summed E-state index contributed by atoms with van der Waals surface area (Å²) < 4.78 is 9.25. The molecule has 3 heterocycles. The fourth-order valence-corrected chi connectivity index (χ4v) is 8.93. The molecule has 5 nitrogen and oxygen atoms in total. The highest BCUT2D eigenvalue weighted by Gasteiger charge is 2.19. The number of furan rings is 1. The molecular weight excluding hydrogens is 757 g/mol. The van der Waals surface area contributed by atoms with Gasteiger partial charge in [-0.15, -0.1) is 0 Å². The van der Waals surface area contributed by atoms with Crippen LogP contribution in [0.3, 0.4) is 0 Å². The lowest BCUT2D eigenvalue weighted by Crippen LogP contribution is -2.00. The molecule has 0 bridgehead atoms. The highest BCUT2D eigenvalue weighted by molar-refractivity contribution is 6.13. The summed E-state index contributed by atoms with van der Waals surface area (Å²) in [4.78, 5) is 15.2. The molecule has 290 valence electrons. The first-order valence-electron chi connectivity index (χ1n) is 20.8. The zero-order valence-corrected chi connectivity index (χ0v) is 33.5. The SMILES string of the molecule is c1ccc(-c2cccc(-c3nc(-c4ccccc4)nc(-c4ccc5c(c4)oc4c(-c6ccccc6-c6ccc7c(c6)c6ccccc6n7-c6ccccc6)cccc45)n3)c2)cc1. The Morgan fingerprint density at radius 3 is 1.65 bits per heavy atom. The van der Waals surface area contributed by atoms with Crippen LogP contribution in [0.5, 0.6) is 0 Å². The van der Waals surface area contributed by atoms with E-state index < -0.39 is 0 Å². The summed E-state index contributed by atoms with van der Waals surface area (Å²) in [5, 5.41) is 4.53. The van der Waals surface area contributed by atoms with E-state index in [1.54, 1.807) is 0 Å². The van der Waals surface area contributed by atoms with E-state index in [-0.39, 0.29) is 0 Å². The summed E-state index contributed by atoms with van der Waals surface area (Å²) in [5.41, 5.74) is 14.5. The van der Waals surface area contributed by atoms with Crippen LogP contribution in [0, 0.1) is 0 Å². The first kappa shape index (κ1) is 35.5. The second kappa shape index (κ2) is 14.7. The van der Waals surface area contributed by atoms with Gasteiger partial charge in [-0.3, -0.25) is 0 Å². The minimum atomic E-state index is 0.580. The van der Waals surface area contributed by atoms with Crippen molar-refractivity contribution in [2.45, 2.75) is 0 Å². The van der Waals surface area contributed by atoms with Crippen molar-refractivity contribution in [1.29, 1.82) is 0 Å². The lowest BCUT2D eigenvalue weighted by atomic mass is 9.92. The third-order valence-electron chi connectivity index (χ3n) is 11.9. The van der Waals surface area contributed by atoms with E-state index in [1.807, 2.05) is 36.4 Å². The second-order valence-electron chi connectivity index (χ2n) is 15.6. The molecule has 0 amide bonds. The normalized spacial score (nSPS) is 11.5. The molecule has 0 aliphatic carbocycles. The van der Waals surface area contributed by atoms with Crippen LogP contribution in [0.15, 0.2) is 223 Å². The molecule has 0 saturated carbocycles. The Morgan fingerprint density at radius 2 is 0.855 bits per heavy atom. The van der Waals surface area contributed by atoms with Crippen molar-refractivity contribution in [3.05, 3.63) is 218 Å². The van der Waals surface area contributed by atoms with Gasteiger partial charge in [0, 0.05) is 49.5 Å². The zero-order valence-electron chi connectivity index (χ0n) is 33.5. The number of rotatable bonds is 7. The van der Waals surface area contributed by atoms with Crippen molar-refractivity contribution >= 4 is 43.7 Å². The van der Waals surface area contributed by atoms with Gasteiger partial charge in [0.2, 0.25) is 0 Å². The summed E-state index contributed by atoms with van der Waals surface area (Å²) in [5.74, 6) is 1.80. The van der Waals surface area contributed by atoms with E-state index in [1.165, 1.54) is 21.8 Å². The van der Waals surface area contributed by atoms with Crippen molar-refractivity contribution in [2.75, 3.05) is 0 Å². The molecule has 12 rings (SSSR count). The second-order valence-corrected chi connectivity index (χ2v) is 15.6. The molecule has 0 radical (unpaired) electrons. The predicted molar refractivity (Wildman–Crippen MR) is 254 cm³/mol. The zero-order chi connectivity index (χ0) is 41.0. The molecule has 0 spiro atoms. The first-order valence-corrected chi connectivity index (χ1v) is 20.8. The van der Waals surface area contributed by atoms with Crippen molar-refractivity contribution in [3.8, 4) is 73.2 Å². The molecule has 0 aliphatic rings. The number of hydrogen-bond donors (Lipinski definition) is 0. The molecule has 3 aromatic heterocycles. The quantitative estimate of drug-likeness (QED) is 0.161. The minimum absolute atomic E-state index is 0.580. The van der Waals surface area contributed by atoms with Crippen molar-refractivity contribution in [3.63, 3.8) is 0 Å². The molecule has 9 aromatic carbocycles. The summed E-state index contributed by atoms with van der Waals surface area (Å²) >= 11 is 0. The lowest BCUT2D eigenvalue weighted by molar-refractivity contribution is 0.670. The number of aromatic nitrogens is 4. The smallest absolute Gasteiger partial charge is 0.164 e. The maximum Gasteiger partial charge on any atom is 0.164 e. The van der Waals surface area contributed by atoms with Gasteiger partial charge in [0.05, 0.1) is 11.0 Å². The fourth-order valence-electron chi connectivity index (χ4n) is 8.93. The van der Waals surface area contributed by atoms with Gasteiger partial charge >= 0.3 is 0 Å². The van der Waals surface area contributed by atoms with Crippen molar-refractivity contribution in [1.82, 2.24) is 19.5 Å². The monoisotopic (exact) mass is 792 g/mol. The maximum absolute atomic E-state index is 6.89. The Bertz CT molecular complexity index is 3630. The Morgan fingerprint density at radius 1 is 0.306 bits per heavy atom. The van der Waals surface area contributed by atoms with E-state index in [4.69, 9.17) is 19.4 Å².